The van der Waals surface area contributed by atoms with Gasteiger partial charge in [-0.3, -0.25) is 0 Å². The van der Waals surface area contributed by atoms with E-state index >= 15 is 0 Å². The van der Waals surface area contributed by atoms with Crippen molar-refractivity contribution in [3.8, 4) is 0 Å². The van der Waals surface area contributed by atoms with Gasteiger partial charge in [0.15, 0.2) is 6.29 Å². The van der Waals surface area contributed by atoms with Crippen LogP contribution in [0.2, 0.25) is 0 Å². The molecular formula is C27H56NO2Y-. The number of hydrogen-bond donors (Lipinski definition) is 2. The molecule has 3 nitrogen and oxygen atoms in total. The van der Waals surface area contributed by atoms with Gasteiger partial charge in [0.25, 0.3) is 0 Å². The molecule has 8 atom stereocenters. The largest absolute Gasteiger partial charge is 0.368 e. The van der Waals surface area contributed by atoms with Crippen molar-refractivity contribution in [2.24, 2.45) is 46.3 Å². The van der Waals surface area contributed by atoms with Gasteiger partial charge in [-0.15, -0.1) is 0 Å². The van der Waals surface area contributed by atoms with Crippen LogP contribution in [-0.2, 0) is 37.4 Å². The Bertz CT molecular complexity index is 457. The third kappa shape index (κ3) is 14.1. The normalized spacial score (nSPS) is 29.8. The zero-order valence-electron chi connectivity index (χ0n) is 23.3. The Balaban J connectivity index is 0. The minimum absolute atomic E-state index is 0. The fourth-order valence-electron chi connectivity index (χ4n) is 4.12. The third-order valence-corrected chi connectivity index (χ3v) is 7.18. The number of aliphatic hydroxyl groups excluding tert-OH is 1. The number of hydrogen-bond acceptors (Lipinski definition) is 3. The molecule has 0 saturated carbocycles. The SMILES string of the molecule is CC1[C@H](C)C(CC(C)(C)C)O[C@H](O)[C@@H]1C.CNC[C@H](C)C(C)[C@H](C)[CH-]CC(C)(C)C.[Y]. The van der Waals surface area contributed by atoms with Crippen LogP contribution in [0.1, 0.15) is 95.9 Å². The van der Waals surface area contributed by atoms with Gasteiger partial charge in [-0.05, 0) is 43.2 Å². The second-order valence-electron chi connectivity index (χ2n) is 12.7. The fourth-order valence-corrected chi connectivity index (χ4v) is 4.12. The molecule has 185 valence electrons. The van der Waals surface area contributed by atoms with E-state index in [-0.39, 0.29) is 50.1 Å². The Morgan fingerprint density at radius 2 is 1.42 bits per heavy atom. The van der Waals surface area contributed by atoms with E-state index in [1.165, 1.54) is 6.42 Å². The summed E-state index contributed by atoms with van der Waals surface area (Å²) in [5.74, 6) is 3.54. The average molecular weight is 516 g/mol. The summed E-state index contributed by atoms with van der Waals surface area (Å²) in [6, 6.07) is 0. The summed E-state index contributed by atoms with van der Waals surface area (Å²) < 4.78 is 5.71. The molecule has 1 fully saturated rings. The topological polar surface area (TPSA) is 41.5 Å². The Morgan fingerprint density at radius 1 is 0.903 bits per heavy atom. The first-order chi connectivity index (χ1) is 13.5. The van der Waals surface area contributed by atoms with Gasteiger partial charge < -0.3 is 21.6 Å². The van der Waals surface area contributed by atoms with E-state index in [0.29, 0.717) is 23.2 Å². The second-order valence-corrected chi connectivity index (χ2v) is 12.7. The standard InChI is InChI=1S/C14H30N.C13H26O2.Y/c1-11(8-9-14(4,5)6)13(3)12(2)10-15-7;1-8-9(2)11(7-13(4,5)6)15-12(14)10(8)3;/h8,11-13,15H,9-10H2,1-7H3;8-12,14H,7H2,1-6H3;/q-1;;/t11-,12+,13?;8?,9-,10+,11?,12-;/m10./s1. The van der Waals surface area contributed by atoms with Crippen molar-refractivity contribution in [1.82, 2.24) is 5.32 Å². The molecule has 1 saturated heterocycles. The van der Waals surface area contributed by atoms with Crippen molar-refractivity contribution in [2.75, 3.05) is 13.6 Å². The molecule has 1 heterocycles. The van der Waals surface area contributed by atoms with Crippen molar-refractivity contribution in [3.63, 3.8) is 0 Å². The Kier molecular flexibility index (Phi) is 16.6. The molecule has 1 rings (SSSR count). The number of ether oxygens (including phenoxy) is 1. The van der Waals surface area contributed by atoms with Gasteiger partial charge in [0.1, 0.15) is 0 Å². The van der Waals surface area contributed by atoms with Gasteiger partial charge in [0.2, 0.25) is 0 Å². The van der Waals surface area contributed by atoms with Crippen molar-refractivity contribution >= 4 is 0 Å². The second kappa shape index (κ2) is 15.1. The monoisotopic (exact) mass is 515 g/mol. The molecule has 0 aromatic carbocycles. The van der Waals surface area contributed by atoms with Gasteiger partial charge in [-0.25, -0.2) is 0 Å². The number of nitrogens with one attached hydrogen (secondary N) is 1. The molecular weight excluding hydrogens is 459 g/mol. The van der Waals surface area contributed by atoms with Crippen LogP contribution in [0.3, 0.4) is 0 Å². The summed E-state index contributed by atoms with van der Waals surface area (Å²) in [5.41, 5.74) is 0.694. The van der Waals surface area contributed by atoms with Crippen LogP contribution in [0.5, 0.6) is 0 Å². The zero-order valence-corrected chi connectivity index (χ0v) is 26.1. The van der Waals surface area contributed by atoms with Crippen molar-refractivity contribution < 1.29 is 42.6 Å². The maximum atomic E-state index is 9.81. The molecule has 4 heteroatoms. The van der Waals surface area contributed by atoms with Crippen LogP contribution >= 0.6 is 0 Å². The molecule has 1 aliphatic rings. The summed E-state index contributed by atoms with van der Waals surface area (Å²) >= 11 is 0. The zero-order chi connectivity index (χ0) is 23.9. The van der Waals surface area contributed by atoms with Crippen LogP contribution in [0.4, 0.5) is 0 Å². The molecule has 2 N–H and O–H groups in total. The van der Waals surface area contributed by atoms with Gasteiger partial charge in [0, 0.05) is 38.6 Å². The minimum Gasteiger partial charge on any atom is -0.368 e. The first kappa shape index (κ1) is 34.2. The first-order valence-electron chi connectivity index (χ1n) is 12.3. The Morgan fingerprint density at radius 3 is 1.84 bits per heavy atom. The predicted octanol–water partition coefficient (Wildman–Crippen LogP) is 6.80. The van der Waals surface area contributed by atoms with E-state index in [1.54, 1.807) is 0 Å². The predicted molar refractivity (Wildman–Crippen MR) is 132 cm³/mol. The summed E-state index contributed by atoms with van der Waals surface area (Å²) in [5, 5.41) is 13.1. The smallest absolute Gasteiger partial charge is 0.157 e. The van der Waals surface area contributed by atoms with E-state index < -0.39 is 6.29 Å². The Hall–Kier alpha value is 0.984. The average Bonchev–Trinajstić information content (AvgIpc) is 2.60. The molecule has 0 aliphatic carbocycles. The number of aliphatic hydroxyl groups is 1. The number of rotatable bonds is 7. The molecule has 0 amide bonds. The van der Waals surface area contributed by atoms with Crippen LogP contribution in [0.25, 0.3) is 0 Å². The van der Waals surface area contributed by atoms with E-state index in [2.05, 4.69) is 94.8 Å². The van der Waals surface area contributed by atoms with E-state index in [0.717, 1.165) is 24.8 Å². The minimum atomic E-state index is -0.580. The molecule has 1 radical (unpaired) electrons. The molecule has 31 heavy (non-hydrogen) atoms. The molecule has 3 unspecified atom stereocenters. The van der Waals surface area contributed by atoms with Crippen molar-refractivity contribution in [1.29, 1.82) is 0 Å². The maximum absolute atomic E-state index is 9.81. The van der Waals surface area contributed by atoms with Gasteiger partial charge >= 0.3 is 0 Å². The summed E-state index contributed by atoms with van der Waals surface area (Å²) in [4.78, 5) is 0. The van der Waals surface area contributed by atoms with Crippen LogP contribution in [-0.4, -0.2) is 31.1 Å². The quantitative estimate of drug-likeness (QED) is 0.367. The van der Waals surface area contributed by atoms with Gasteiger partial charge in [-0.2, -0.15) is 12.3 Å². The van der Waals surface area contributed by atoms with Crippen LogP contribution in [0, 0.1) is 52.8 Å². The summed E-state index contributed by atoms with van der Waals surface area (Å²) in [6.45, 7) is 28.3. The molecule has 0 aromatic rings. The van der Waals surface area contributed by atoms with E-state index in [1.807, 2.05) is 7.05 Å². The first-order valence-corrected chi connectivity index (χ1v) is 12.3. The molecule has 0 spiro atoms. The maximum Gasteiger partial charge on any atom is 0.157 e. The molecule has 0 bridgehead atoms. The van der Waals surface area contributed by atoms with E-state index in [4.69, 9.17) is 4.74 Å². The molecule has 0 aromatic heterocycles. The van der Waals surface area contributed by atoms with Crippen LogP contribution < -0.4 is 5.32 Å². The summed E-state index contributed by atoms with van der Waals surface area (Å²) in [7, 11) is 2.03. The fraction of sp³-hybridized carbons (Fsp3) is 0.963. The van der Waals surface area contributed by atoms with Gasteiger partial charge in [0.05, 0.1) is 6.10 Å². The van der Waals surface area contributed by atoms with Crippen LogP contribution in [0.15, 0.2) is 0 Å². The molecule has 1 aliphatic heterocycles. The third-order valence-electron chi connectivity index (χ3n) is 7.18. The van der Waals surface area contributed by atoms with Crippen molar-refractivity contribution in [2.45, 2.75) is 108 Å². The summed E-state index contributed by atoms with van der Waals surface area (Å²) in [6.07, 6.45) is 4.35. The van der Waals surface area contributed by atoms with Crippen molar-refractivity contribution in [3.05, 3.63) is 6.42 Å². The Labute approximate surface area is 221 Å². The van der Waals surface area contributed by atoms with E-state index in [9.17, 15) is 5.11 Å². The van der Waals surface area contributed by atoms with Gasteiger partial charge in [-0.1, -0.05) is 94.4 Å².